The molecule has 0 fully saturated rings. The molecule has 0 aliphatic heterocycles. The first-order chi connectivity index (χ1) is 30.1. The number of benzene rings is 7. The Bertz CT molecular complexity index is 3800. The fourth-order valence-electron chi connectivity index (χ4n) is 6.90. The molecule has 0 saturated carbocycles. The molecule has 8 rings (SSSR count). The van der Waals surface area contributed by atoms with Gasteiger partial charge in [0.25, 0.3) is 40.5 Å². The van der Waals surface area contributed by atoms with Crippen LogP contribution in [0.5, 0.6) is 0 Å². The fraction of sp³-hybridized carbons (Fsp3) is 0. The number of anilines is 2. The number of hydrazone groups is 1. The minimum Gasteiger partial charge on any atom is -0.399 e. The van der Waals surface area contributed by atoms with Crippen LogP contribution in [0.15, 0.2) is 160 Å². The third kappa shape index (κ3) is 8.49. The van der Waals surface area contributed by atoms with Gasteiger partial charge in [0.05, 0.1) is 33.3 Å². The van der Waals surface area contributed by atoms with Crippen LogP contribution in [0.25, 0.3) is 38.4 Å². The molecule has 0 aromatic heterocycles. The Morgan fingerprint density at radius 3 is 1.73 bits per heavy atom. The third-order valence-corrected chi connectivity index (χ3v) is 13.3. The minimum atomic E-state index is -4.99. The number of ketones is 1. The fourth-order valence-corrected chi connectivity index (χ4v) is 9.49. The van der Waals surface area contributed by atoms with Gasteiger partial charge in [0.2, 0.25) is 5.78 Å². The van der Waals surface area contributed by atoms with Crippen LogP contribution in [0.4, 0.5) is 34.1 Å². The lowest BCUT2D eigenvalue weighted by molar-refractivity contribution is 0.106. The molecule has 0 amide bonds. The zero-order chi connectivity index (χ0) is 45.9. The maximum Gasteiger partial charge on any atom is 0.296 e. The molecule has 0 spiro atoms. The number of nitrogen functional groups attached to an aromatic ring is 1. The molecule has 0 heterocycles. The Morgan fingerprint density at radius 1 is 0.500 bits per heavy atom. The number of rotatable bonds is 10. The molecule has 7 aromatic carbocycles. The van der Waals surface area contributed by atoms with Crippen LogP contribution in [-0.4, -0.2) is 63.4 Å². The van der Waals surface area contributed by atoms with Crippen molar-refractivity contribution in [3.05, 3.63) is 131 Å². The van der Waals surface area contributed by atoms with Crippen molar-refractivity contribution in [1.82, 2.24) is 0 Å². The number of hydrogen-bond donors (Lipinski definition) is 6. The molecular formula is C40H27N7O13S4. The molecule has 0 unspecified atom stereocenters. The average Bonchev–Trinajstić information content (AvgIpc) is 3.22. The van der Waals surface area contributed by atoms with Gasteiger partial charge in [-0.1, -0.05) is 42.5 Å². The number of azo groups is 2. The predicted octanol–water partition coefficient (Wildman–Crippen LogP) is 8.19. The number of nitrogens with one attached hydrogen (secondary N) is 1. The quantitative estimate of drug-likeness (QED) is 0.0326. The topological polar surface area (TPSA) is 334 Å². The van der Waals surface area contributed by atoms with Crippen molar-refractivity contribution in [1.29, 1.82) is 0 Å². The van der Waals surface area contributed by atoms with Gasteiger partial charge in [-0.25, -0.2) is 0 Å². The molecule has 0 bridgehead atoms. The standard InChI is InChI=1S/C40H27N7O13S4/c41-22-8-10-25-21(16-22)17-38(64(58,59)60)39(40(25)48)47-46-34-14-15-35(30-20-24(61(49,50)51)9-11-28(30)34)45-44-33-13-12-32(26-4-1-2-5-27(26)33)43-42-23-18-31-29(37(19-23)63(55,56)57)6-3-7-36(31)62(52,53)54/h1-20,46H,41H2,(H,49,50,51)(H,52,53,54)(H,55,56,57)(H,58,59,60). The number of allylic oxidation sites excluding steroid dienone is 1. The largest absolute Gasteiger partial charge is 0.399 e. The summed E-state index contributed by atoms with van der Waals surface area (Å²) in [4.78, 5) is 10.8. The van der Waals surface area contributed by atoms with Gasteiger partial charge >= 0.3 is 0 Å². The lowest BCUT2D eigenvalue weighted by Crippen LogP contribution is -2.27. The molecule has 20 nitrogen and oxygen atoms in total. The van der Waals surface area contributed by atoms with Crippen LogP contribution < -0.4 is 11.2 Å². The molecule has 7 N–H and O–H groups in total. The van der Waals surface area contributed by atoms with E-state index in [1.807, 2.05) is 0 Å². The van der Waals surface area contributed by atoms with Gasteiger partial charge in [-0.3, -0.25) is 28.4 Å². The van der Waals surface area contributed by atoms with Crippen molar-refractivity contribution in [2.45, 2.75) is 14.7 Å². The van der Waals surface area contributed by atoms with Crippen LogP contribution in [0.2, 0.25) is 0 Å². The number of carbonyl (C=O) groups excluding carboxylic acids is 1. The average molecular weight is 942 g/mol. The zero-order valence-electron chi connectivity index (χ0n) is 32.0. The summed E-state index contributed by atoms with van der Waals surface area (Å²) in [6, 6.07) is 25.8. The number of nitrogens with two attached hydrogens (primary N) is 1. The van der Waals surface area contributed by atoms with E-state index in [-0.39, 0.29) is 66.8 Å². The Hall–Kier alpha value is -7.16. The van der Waals surface area contributed by atoms with E-state index in [0.717, 1.165) is 30.3 Å². The summed E-state index contributed by atoms with van der Waals surface area (Å²) in [6.07, 6.45) is 1.04. The summed E-state index contributed by atoms with van der Waals surface area (Å²) in [5.41, 5.74) is 8.66. The van der Waals surface area contributed by atoms with Crippen LogP contribution in [-0.2, 0) is 40.5 Å². The van der Waals surface area contributed by atoms with Crippen molar-refractivity contribution in [2.24, 2.45) is 25.6 Å². The van der Waals surface area contributed by atoms with Gasteiger partial charge in [-0.2, -0.15) is 43.9 Å². The van der Waals surface area contributed by atoms with Gasteiger partial charge in [0.1, 0.15) is 14.7 Å². The Balaban J connectivity index is 1.18. The number of carbonyl (C=O) groups is 1. The summed E-state index contributed by atoms with van der Waals surface area (Å²) < 4.78 is 138. The van der Waals surface area contributed by atoms with Gasteiger partial charge in [-0.05, 0) is 84.4 Å². The molecule has 0 atom stereocenters. The molecule has 1 aliphatic carbocycles. The minimum absolute atomic E-state index is 0.0558. The second-order valence-electron chi connectivity index (χ2n) is 13.8. The van der Waals surface area contributed by atoms with E-state index in [2.05, 4.69) is 31.0 Å². The zero-order valence-corrected chi connectivity index (χ0v) is 35.2. The smallest absolute Gasteiger partial charge is 0.296 e. The first kappa shape index (κ1) is 43.5. The molecule has 64 heavy (non-hydrogen) atoms. The van der Waals surface area contributed by atoms with E-state index < -0.39 is 71.6 Å². The summed E-state index contributed by atoms with van der Waals surface area (Å²) >= 11 is 0. The van der Waals surface area contributed by atoms with E-state index in [1.165, 1.54) is 66.7 Å². The summed E-state index contributed by atoms with van der Waals surface area (Å²) in [7, 11) is -19.5. The van der Waals surface area contributed by atoms with Crippen LogP contribution in [0.3, 0.4) is 0 Å². The van der Waals surface area contributed by atoms with Gasteiger partial charge in [0.15, 0.2) is 5.71 Å². The van der Waals surface area contributed by atoms with E-state index in [9.17, 15) is 56.7 Å². The van der Waals surface area contributed by atoms with E-state index >= 15 is 0 Å². The summed E-state index contributed by atoms with van der Waals surface area (Å²) in [5.74, 6) is -0.852. The van der Waals surface area contributed by atoms with E-state index in [0.29, 0.717) is 10.8 Å². The monoisotopic (exact) mass is 941 g/mol. The first-order valence-electron chi connectivity index (χ1n) is 18.0. The first-order valence-corrected chi connectivity index (χ1v) is 23.7. The number of nitrogens with zero attached hydrogens (tertiary/aromatic N) is 5. The molecule has 7 aromatic rings. The third-order valence-electron chi connectivity index (χ3n) is 9.76. The SMILES string of the molecule is Nc1ccc2c(c1)C=C(S(=O)(=O)O)C(=NNc1ccc(N=Nc3ccc(N=Nc4cc(S(=O)(=O)O)c5cccc(S(=O)(=O)O)c5c4)c4ccccc34)c3cc(S(=O)(=O)O)ccc13)C2=O. The second kappa shape index (κ2) is 15.9. The molecule has 0 radical (unpaired) electrons. The molecule has 0 saturated heterocycles. The highest BCUT2D eigenvalue weighted by molar-refractivity contribution is 7.91. The van der Waals surface area contributed by atoms with Crippen LogP contribution >= 0.6 is 0 Å². The summed E-state index contributed by atoms with van der Waals surface area (Å²) in [5, 5.41) is 22.0. The van der Waals surface area contributed by atoms with Crippen molar-refractivity contribution in [2.75, 3.05) is 11.2 Å². The normalized spacial score (nSPS) is 14.5. The molecule has 324 valence electrons. The molecule has 1 aliphatic rings. The van der Waals surface area contributed by atoms with E-state index in [4.69, 9.17) is 5.73 Å². The highest BCUT2D eigenvalue weighted by Crippen LogP contribution is 2.39. The number of hydrogen-bond acceptors (Lipinski definition) is 16. The predicted molar refractivity (Wildman–Crippen MR) is 235 cm³/mol. The lowest BCUT2D eigenvalue weighted by Gasteiger charge is -2.17. The Kier molecular flexibility index (Phi) is 10.8. The van der Waals surface area contributed by atoms with Crippen molar-refractivity contribution in [3.63, 3.8) is 0 Å². The Morgan fingerprint density at radius 2 is 1.11 bits per heavy atom. The van der Waals surface area contributed by atoms with Crippen LogP contribution in [0, 0.1) is 0 Å². The number of fused-ring (bicyclic) bond motifs is 4. The maximum atomic E-state index is 13.4. The van der Waals surface area contributed by atoms with E-state index in [1.54, 1.807) is 24.3 Å². The highest BCUT2D eigenvalue weighted by atomic mass is 32.2. The highest BCUT2D eigenvalue weighted by Gasteiger charge is 2.33. The molecule has 24 heteroatoms. The van der Waals surface area contributed by atoms with Crippen molar-refractivity contribution in [3.8, 4) is 0 Å². The second-order valence-corrected chi connectivity index (χ2v) is 19.4. The number of Topliss-reactive ketones (excluding diaryl/α,β-unsaturated/α-hetero) is 1. The van der Waals surface area contributed by atoms with Gasteiger partial charge in [0, 0.05) is 43.6 Å². The lowest BCUT2D eigenvalue weighted by atomic mass is 9.94. The van der Waals surface area contributed by atoms with Crippen molar-refractivity contribution >= 4 is 124 Å². The summed E-state index contributed by atoms with van der Waals surface area (Å²) in [6.45, 7) is 0. The Labute approximate surface area is 362 Å². The van der Waals surface area contributed by atoms with Gasteiger partial charge < -0.3 is 5.73 Å². The van der Waals surface area contributed by atoms with Gasteiger partial charge in [-0.15, -0.1) is 15.3 Å². The maximum absolute atomic E-state index is 13.4. The molecular weight excluding hydrogens is 915 g/mol. The van der Waals surface area contributed by atoms with Crippen molar-refractivity contribution < 1.29 is 56.7 Å². The van der Waals surface area contributed by atoms with Crippen LogP contribution in [0.1, 0.15) is 15.9 Å².